The summed E-state index contributed by atoms with van der Waals surface area (Å²) in [6, 6.07) is 5.53. The molecule has 0 spiro atoms. The largest absolute Gasteiger partial charge is 0.387 e. The summed E-state index contributed by atoms with van der Waals surface area (Å²) < 4.78 is 1.87. The third kappa shape index (κ3) is 3.75. The first-order chi connectivity index (χ1) is 12.5. The summed E-state index contributed by atoms with van der Waals surface area (Å²) in [7, 11) is 1.86. The maximum Gasteiger partial charge on any atom is 0.245 e. The zero-order valence-electron chi connectivity index (χ0n) is 14.0. The first kappa shape index (κ1) is 18.4. The standard InChI is InChI=1S/C17H17Cl2N5O2/c1-23(6-5-21-15(26)9-25)14-8-13(24-7-4-20-10-24)11-2-3-12(18)16(19)17(11)22-14/h2-4,7-8,10,25H,5-6,9H2,1H3,(H,21,26). The second-order valence-corrected chi connectivity index (χ2v) is 6.44. The van der Waals surface area contributed by atoms with Crippen LogP contribution in [0.1, 0.15) is 0 Å². The van der Waals surface area contributed by atoms with Gasteiger partial charge in [0.25, 0.3) is 0 Å². The monoisotopic (exact) mass is 393 g/mol. The van der Waals surface area contributed by atoms with Gasteiger partial charge in [0.15, 0.2) is 0 Å². The fraction of sp³-hybridized carbons (Fsp3) is 0.235. The van der Waals surface area contributed by atoms with Crippen LogP contribution in [-0.2, 0) is 4.79 Å². The van der Waals surface area contributed by atoms with E-state index in [0.717, 1.165) is 11.1 Å². The summed E-state index contributed by atoms with van der Waals surface area (Å²) >= 11 is 12.5. The highest BCUT2D eigenvalue weighted by molar-refractivity contribution is 6.45. The van der Waals surface area contributed by atoms with Crippen LogP contribution in [0.25, 0.3) is 16.6 Å². The summed E-state index contributed by atoms with van der Waals surface area (Å²) in [6.45, 7) is 0.349. The predicted octanol–water partition coefficient (Wildman–Crippen LogP) is 2.27. The van der Waals surface area contributed by atoms with Gasteiger partial charge in [0.2, 0.25) is 5.91 Å². The Hall–Kier alpha value is -2.35. The molecule has 2 heterocycles. The summed E-state index contributed by atoms with van der Waals surface area (Å²) in [4.78, 5) is 21.8. The van der Waals surface area contributed by atoms with E-state index in [1.807, 2.05) is 34.8 Å². The first-order valence-corrected chi connectivity index (χ1v) is 8.62. The van der Waals surface area contributed by atoms with Crippen LogP contribution < -0.4 is 10.2 Å². The van der Waals surface area contributed by atoms with Crippen LogP contribution in [0.3, 0.4) is 0 Å². The summed E-state index contributed by atoms with van der Waals surface area (Å²) in [6.07, 6.45) is 5.22. The highest BCUT2D eigenvalue weighted by atomic mass is 35.5. The van der Waals surface area contributed by atoms with Crippen LogP contribution in [0.5, 0.6) is 0 Å². The van der Waals surface area contributed by atoms with Gasteiger partial charge in [-0.25, -0.2) is 9.97 Å². The molecule has 0 fully saturated rings. The van der Waals surface area contributed by atoms with Crippen molar-refractivity contribution < 1.29 is 9.90 Å². The van der Waals surface area contributed by atoms with Gasteiger partial charge in [-0.05, 0) is 12.1 Å². The van der Waals surface area contributed by atoms with Crippen molar-refractivity contribution in [2.75, 3.05) is 31.6 Å². The number of imidazole rings is 1. The fourth-order valence-electron chi connectivity index (χ4n) is 2.55. The highest BCUT2D eigenvalue weighted by Gasteiger charge is 2.14. The number of amides is 1. The molecule has 0 aliphatic heterocycles. The third-order valence-corrected chi connectivity index (χ3v) is 4.72. The molecule has 2 aromatic heterocycles. The van der Waals surface area contributed by atoms with E-state index >= 15 is 0 Å². The zero-order valence-corrected chi connectivity index (χ0v) is 15.5. The Balaban J connectivity index is 2.00. The van der Waals surface area contributed by atoms with Gasteiger partial charge in [-0.1, -0.05) is 23.2 Å². The number of hydrogen-bond acceptors (Lipinski definition) is 5. The lowest BCUT2D eigenvalue weighted by Crippen LogP contribution is -2.34. The molecule has 0 saturated heterocycles. The number of rotatable bonds is 6. The smallest absolute Gasteiger partial charge is 0.245 e. The van der Waals surface area contributed by atoms with Gasteiger partial charge in [-0.15, -0.1) is 0 Å². The number of carbonyl (C=O) groups excluding carboxylic acids is 1. The molecule has 0 bridgehead atoms. The average molecular weight is 394 g/mol. The topological polar surface area (TPSA) is 83.3 Å². The second kappa shape index (κ2) is 7.90. The Morgan fingerprint density at radius 1 is 1.38 bits per heavy atom. The van der Waals surface area contributed by atoms with Crippen molar-refractivity contribution in [1.29, 1.82) is 0 Å². The summed E-state index contributed by atoms with van der Waals surface area (Å²) in [5.74, 6) is 0.252. The van der Waals surface area contributed by atoms with E-state index < -0.39 is 12.5 Å². The van der Waals surface area contributed by atoms with E-state index in [4.69, 9.17) is 28.3 Å². The number of pyridine rings is 1. The first-order valence-electron chi connectivity index (χ1n) is 7.87. The molecule has 1 amide bonds. The van der Waals surface area contributed by atoms with Crippen molar-refractivity contribution in [3.63, 3.8) is 0 Å². The van der Waals surface area contributed by atoms with Gasteiger partial charge in [-0.2, -0.15) is 0 Å². The van der Waals surface area contributed by atoms with Crippen LogP contribution in [0.15, 0.2) is 36.9 Å². The number of carbonyl (C=O) groups is 1. The average Bonchev–Trinajstić information content (AvgIpc) is 3.18. The zero-order chi connectivity index (χ0) is 18.7. The number of nitrogens with zero attached hydrogens (tertiary/aromatic N) is 4. The van der Waals surface area contributed by atoms with Crippen molar-refractivity contribution in [2.45, 2.75) is 0 Å². The number of aliphatic hydroxyl groups is 1. The molecular weight excluding hydrogens is 377 g/mol. The number of hydrogen-bond donors (Lipinski definition) is 2. The number of aliphatic hydroxyl groups excluding tert-OH is 1. The van der Waals surface area contributed by atoms with Gasteiger partial charge in [0, 0.05) is 44.0 Å². The molecule has 0 aliphatic rings. The Labute approximate surface area is 160 Å². The predicted molar refractivity (Wildman–Crippen MR) is 102 cm³/mol. The molecule has 7 nitrogen and oxygen atoms in total. The van der Waals surface area contributed by atoms with E-state index in [2.05, 4.69) is 15.3 Å². The number of nitrogens with one attached hydrogen (secondary N) is 1. The lowest BCUT2D eigenvalue weighted by Gasteiger charge is -2.21. The molecule has 0 aliphatic carbocycles. The fourth-order valence-corrected chi connectivity index (χ4v) is 2.91. The van der Waals surface area contributed by atoms with Crippen LogP contribution in [0.2, 0.25) is 10.0 Å². The number of benzene rings is 1. The molecular formula is C17H17Cl2N5O2. The second-order valence-electron chi connectivity index (χ2n) is 5.66. The molecule has 26 heavy (non-hydrogen) atoms. The van der Waals surface area contributed by atoms with E-state index in [9.17, 15) is 4.79 Å². The van der Waals surface area contributed by atoms with Gasteiger partial charge in [0.1, 0.15) is 12.4 Å². The SMILES string of the molecule is CN(CCNC(=O)CO)c1cc(-n2ccnc2)c2ccc(Cl)c(Cl)c2n1. The van der Waals surface area contributed by atoms with Crippen LogP contribution in [-0.4, -0.2) is 52.3 Å². The Kier molecular flexibility index (Phi) is 5.61. The number of aromatic nitrogens is 3. The van der Waals surface area contributed by atoms with Crippen molar-refractivity contribution in [3.05, 3.63) is 47.0 Å². The van der Waals surface area contributed by atoms with Gasteiger partial charge in [-0.3, -0.25) is 4.79 Å². The maximum absolute atomic E-state index is 11.2. The highest BCUT2D eigenvalue weighted by Crippen LogP contribution is 2.34. The van der Waals surface area contributed by atoms with Gasteiger partial charge >= 0.3 is 0 Å². The Morgan fingerprint density at radius 2 is 2.19 bits per heavy atom. The number of halogens is 2. The van der Waals surface area contributed by atoms with Crippen molar-refractivity contribution >= 4 is 45.8 Å². The normalized spacial score (nSPS) is 10.9. The minimum Gasteiger partial charge on any atom is -0.387 e. The number of likely N-dealkylation sites (N-methyl/N-ethyl adjacent to an activating group) is 1. The summed E-state index contributed by atoms with van der Waals surface area (Å²) in [5, 5.41) is 13.0. The summed E-state index contributed by atoms with van der Waals surface area (Å²) in [5.41, 5.74) is 1.46. The molecule has 2 N–H and O–H groups in total. The van der Waals surface area contributed by atoms with E-state index in [1.165, 1.54) is 0 Å². The molecule has 1 aromatic carbocycles. The minimum atomic E-state index is -0.531. The lowest BCUT2D eigenvalue weighted by atomic mass is 10.1. The number of fused-ring (bicyclic) bond motifs is 1. The Morgan fingerprint density at radius 3 is 2.88 bits per heavy atom. The van der Waals surface area contributed by atoms with Crippen LogP contribution in [0, 0.1) is 0 Å². The van der Waals surface area contributed by atoms with Gasteiger partial charge in [0.05, 0.1) is 27.6 Å². The molecule has 0 atom stereocenters. The van der Waals surface area contributed by atoms with Crippen molar-refractivity contribution in [2.24, 2.45) is 0 Å². The van der Waals surface area contributed by atoms with Gasteiger partial charge < -0.3 is 19.9 Å². The van der Waals surface area contributed by atoms with Crippen LogP contribution >= 0.6 is 23.2 Å². The molecule has 9 heteroatoms. The molecule has 0 radical (unpaired) electrons. The molecule has 0 saturated carbocycles. The van der Waals surface area contributed by atoms with Crippen molar-refractivity contribution in [1.82, 2.24) is 19.9 Å². The van der Waals surface area contributed by atoms with E-state index in [-0.39, 0.29) is 0 Å². The third-order valence-electron chi connectivity index (χ3n) is 3.92. The maximum atomic E-state index is 11.2. The van der Waals surface area contributed by atoms with E-state index in [0.29, 0.717) is 34.5 Å². The van der Waals surface area contributed by atoms with E-state index in [1.54, 1.807) is 18.6 Å². The molecule has 3 rings (SSSR count). The van der Waals surface area contributed by atoms with Crippen LogP contribution in [0.4, 0.5) is 5.82 Å². The molecule has 136 valence electrons. The minimum absolute atomic E-state index is 0.374. The molecule has 0 unspecified atom stereocenters. The Bertz CT molecular complexity index is 931. The molecule has 3 aromatic rings. The lowest BCUT2D eigenvalue weighted by molar-refractivity contribution is -0.123. The number of anilines is 1. The quantitative estimate of drug-likeness (QED) is 0.670. The van der Waals surface area contributed by atoms with Crippen molar-refractivity contribution in [3.8, 4) is 5.69 Å².